The van der Waals surface area contributed by atoms with Gasteiger partial charge in [-0.3, -0.25) is 14.5 Å². The normalized spacial score (nSPS) is 21.4. The smallest absolute Gasteiger partial charge is 0.236 e. The van der Waals surface area contributed by atoms with E-state index in [0.717, 1.165) is 70.0 Å². The Morgan fingerprint density at radius 2 is 1.63 bits per heavy atom. The molecule has 9 nitrogen and oxygen atoms in total. The van der Waals surface area contributed by atoms with E-state index in [4.69, 9.17) is 0 Å². The Morgan fingerprint density at radius 1 is 0.886 bits per heavy atom. The predicted molar refractivity (Wildman–Crippen MR) is 136 cm³/mol. The number of carbonyl (C=O) groups is 2. The number of piperazine rings is 1. The summed E-state index contributed by atoms with van der Waals surface area (Å²) < 4.78 is 0. The van der Waals surface area contributed by atoms with Crippen LogP contribution in [0.1, 0.15) is 37.3 Å². The van der Waals surface area contributed by atoms with E-state index < -0.39 is 0 Å². The number of amides is 2. The summed E-state index contributed by atoms with van der Waals surface area (Å²) in [6, 6.07) is 12.0. The third-order valence-corrected chi connectivity index (χ3v) is 6.68. The van der Waals surface area contributed by atoms with Crippen molar-refractivity contribution in [2.24, 2.45) is 0 Å². The van der Waals surface area contributed by atoms with Gasteiger partial charge in [-0.25, -0.2) is 9.97 Å². The van der Waals surface area contributed by atoms with E-state index in [1.165, 1.54) is 0 Å². The van der Waals surface area contributed by atoms with Crippen LogP contribution in [0.15, 0.2) is 48.8 Å². The van der Waals surface area contributed by atoms with Gasteiger partial charge >= 0.3 is 0 Å². The lowest BCUT2D eigenvalue weighted by molar-refractivity contribution is -0.132. The van der Waals surface area contributed by atoms with Gasteiger partial charge in [-0.05, 0) is 37.4 Å². The van der Waals surface area contributed by atoms with Crippen LogP contribution in [-0.4, -0.2) is 90.5 Å². The largest absolute Gasteiger partial charge is 0.356 e. The molecule has 0 saturated carbocycles. The summed E-state index contributed by atoms with van der Waals surface area (Å²) in [5, 5.41) is 6.58. The lowest BCUT2D eigenvalue weighted by Gasteiger charge is -2.35. The summed E-state index contributed by atoms with van der Waals surface area (Å²) >= 11 is 0. The molecule has 1 aromatic heterocycles. The van der Waals surface area contributed by atoms with Crippen LogP contribution in [0, 0.1) is 0 Å². The molecule has 3 heterocycles. The van der Waals surface area contributed by atoms with Crippen molar-refractivity contribution in [2.45, 2.75) is 31.7 Å². The van der Waals surface area contributed by atoms with Crippen LogP contribution in [-0.2, 0) is 9.59 Å². The molecule has 0 spiro atoms. The minimum Gasteiger partial charge on any atom is -0.356 e. The molecule has 0 aliphatic carbocycles. The molecule has 2 saturated heterocycles. The Kier molecular flexibility index (Phi) is 9.42. The lowest BCUT2D eigenvalue weighted by atomic mass is 10.0. The minimum atomic E-state index is 0.00893. The summed E-state index contributed by atoms with van der Waals surface area (Å²) in [7, 11) is 0. The first kappa shape index (κ1) is 25.1. The van der Waals surface area contributed by atoms with Gasteiger partial charge < -0.3 is 20.4 Å². The average molecular weight is 480 g/mol. The van der Waals surface area contributed by atoms with E-state index in [1.54, 1.807) is 12.4 Å². The zero-order valence-electron chi connectivity index (χ0n) is 20.4. The zero-order chi connectivity index (χ0) is 24.3. The van der Waals surface area contributed by atoms with E-state index in [1.807, 2.05) is 29.2 Å². The van der Waals surface area contributed by atoms with Crippen molar-refractivity contribution in [3.05, 3.63) is 54.4 Å². The predicted octanol–water partition coefficient (Wildman–Crippen LogP) is 1.45. The quantitative estimate of drug-likeness (QED) is 0.686. The maximum atomic E-state index is 13.1. The number of anilines is 1. The molecule has 35 heavy (non-hydrogen) atoms. The van der Waals surface area contributed by atoms with Crippen molar-refractivity contribution >= 4 is 17.8 Å². The van der Waals surface area contributed by atoms with Crippen LogP contribution in [0.2, 0.25) is 0 Å². The second kappa shape index (κ2) is 13.2. The summed E-state index contributed by atoms with van der Waals surface area (Å²) in [6.45, 7) is 6.53. The van der Waals surface area contributed by atoms with Gasteiger partial charge in [0.15, 0.2) is 0 Å². The topological polar surface area (TPSA) is 93.7 Å². The van der Waals surface area contributed by atoms with Crippen LogP contribution in [0.25, 0.3) is 0 Å². The SMILES string of the molecule is O=C1CC(c2ccccc2)NCCCCN(C(=O)CN2CCN(c3ncccn3)CC2)CCCN1. The monoisotopic (exact) mass is 479 g/mol. The van der Waals surface area contributed by atoms with Crippen LogP contribution in [0.3, 0.4) is 0 Å². The van der Waals surface area contributed by atoms with Gasteiger partial charge in [0, 0.05) is 70.7 Å². The molecule has 2 aromatic rings. The molecule has 2 N–H and O–H groups in total. The molecule has 0 radical (unpaired) electrons. The number of rotatable bonds is 4. The van der Waals surface area contributed by atoms with Gasteiger partial charge in [0.05, 0.1) is 6.54 Å². The van der Waals surface area contributed by atoms with Gasteiger partial charge in [0.25, 0.3) is 0 Å². The number of carbonyl (C=O) groups excluding carboxylic acids is 2. The van der Waals surface area contributed by atoms with Gasteiger partial charge in [-0.2, -0.15) is 0 Å². The highest BCUT2D eigenvalue weighted by molar-refractivity contribution is 5.78. The van der Waals surface area contributed by atoms with Crippen molar-refractivity contribution in [2.75, 3.05) is 63.8 Å². The van der Waals surface area contributed by atoms with E-state index in [-0.39, 0.29) is 17.9 Å². The van der Waals surface area contributed by atoms with Crippen LogP contribution in [0.4, 0.5) is 5.95 Å². The fourth-order valence-electron chi connectivity index (χ4n) is 4.67. The highest BCUT2D eigenvalue weighted by atomic mass is 16.2. The third-order valence-electron chi connectivity index (χ3n) is 6.68. The first-order chi connectivity index (χ1) is 17.2. The Morgan fingerprint density at radius 3 is 2.40 bits per heavy atom. The number of nitrogens with one attached hydrogen (secondary N) is 2. The van der Waals surface area contributed by atoms with E-state index in [9.17, 15) is 9.59 Å². The molecule has 4 rings (SSSR count). The Bertz CT molecular complexity index is 920. The van der Waals surface area contributed by atoms with E-state index >= 15 is 0 Å². The minimum absolute atomic E-state index is 0.00893. The van der Waals surface area contributed by atoms with Crippen LogP contribution in [0.5, 0.6) is 0 Å². The molecular formula is C26H37N7O2. The Balaban J connectivity index is 1.26. The summed E-state index contributed by atoms with van der Waals surface area (Å²) in [5.41, 5.74) is 1.13. The molecule has 188 valence electrons. The first-order valence-electron chi connectivity index (χ1n) is 12.8. The second-order valence-electron chi connectivity index (χ2n) is 9.22. The third kappa shape index (κ3) is 7.73. The fourth-order valence-corrected chi connectivity index (χ4v) is 4.67. The lowest BCUT2D eigenvalue weighted by Crippen LogP contribution is -2.50. The maximum Gasteiger partial charge on any atom is 0.236 e. The molecule has 1 aromatic carbocycles. The first-order valence-corrected chi connectivity index (χ1v) is 12.8. The second-order valence-corrected chi connectivity index (χ2v) is 9.22. The molecular weight excluding hydrogens is 442 g/mol. The van der Waals surface area contributed by atoms with Gasteiger partial charge in [0.1, 0.15) is 0 Å². The molecule has 2 fully saturated rings. The Labute approximate surface area is 207 Å². The van der Waals surface area contributed by atoms with Crippen molar-refractivity contribution in [3.8, 4) is 0 Å². The molecule has 2 aliphatic rings. The summed E-state index contributed by atoms with van der Waals surface area (Å²) in [4.78, 5) is 40.7. The van der Waals surface area contributed by atoms with Crippen molar-refractivity contribution < 1.29 is 9.59 Å². The molecule has 1 atom stereocenters. The number of nitrogens with zero attached hydrogens (tertiary/aromatic N) is 5. The van der Waals surface area contributed by atoms with Gasteiger partial charge in [0.2, 0.25) is 17.8 Å². The fraction of sp³-hybridized carbons (Fsp3) is 0.538. The molecule has 9 heteroatoms. The maximum absolute atomic E-state index is 13.1. The van der Waals surface area contributed by atoms with Crippen molar-refractivity contribution in [1.82, 2.24) is 30.4 Å². The highest BCUT2D eigenvalue weighted by Crippen LogP contribution is 2.17. The van der Waals surface area contributed by atoms with Gasteiger partial charge in [-0.1, -0.05) is 30.3 Å². The molecule has 0 bridgehead atoms. The summed E-state index contributed by atoms with van der Waals surface area (Å²) in [6.07, 6.45) is 6.62. The number of hydrogen-bond acceptors (Lipinski definition) is 7. The van der Waals surface area contributed by atoms with E-state index in [0.29, 0.717) is 26.1 Å². The number of benzene rings is 1. The van der Waals surface area contributed by atoms with E-state index in [2.05, 4.69) is 42.5 Å². The van der Waals surface area contributed by atoms with Crippen molar-refractivity contribution in [1.29, 1.82) is 0 Å². The molecule has 2 aliphatic heterocycles. The van der Waals surface area contributed by atoms with Crippen LogP contribution >= 0.6 is 0 Å². The highest BCUT2D eigenvalue weighted by Gasteiger charge is 2.23. The Hall–Kier alpha value is -3.04. The number of aromatic nitrogens is 2. The summed E-state index contributed by atoms with van der Waals surface area (Å²) in [5.74, 6) is 0.970. The van der Waals surface area contributed by atoms with Crippen molar-refractivity contribution in [3.63, 3.8) is 0 Å². The standard InChI is InChI=1S/C26H37N7O2/c34-24-20-23(22-8-2-1-3-9-22)27-10-4-5-14-32(15-7-13-28-24)25(35)21-31-16-18-33(19-17-31)26-29-11-6-12-30-26/h1-3,6,8-9,11-12,23,27H,4-5,7,10,13-21H2,(H,28,34). The van der Waals surface area contributed by atoms with Gasteiger partial charge in [-0.15, -0.1) is 0 Å². The molecule has 1 unspecified atom stereocenters. The average Bonchev–Trinajstić information content (AvgIpc) is 2.92. The molecule has 2 amide bonds. The number of hydrogen-bond donors (Lipinski definition) is 2. The zero-order valence-corrected chi connectivity index (χ0v) is 20.4. The van der Waals surface area contributed by atoms with Crippen LogP contribution < -0.4 is 15.5 Å².